The van der Waals surface area contributed by atoms with Crippen LogP contribution in [0.5, 0.6) is 0 Å². The van der Waals surface area contributed by atoms with Gasteiger partial charge >= 0.3 is 5.97 Å². The number of rotatable bonds is 4. The maximum atomic E-state index is 11.4. The second-order valence-corrected chi connectivity index (χ2v) is 5.10. The summed E-state index contributed by atoms with van der Waals surface area (Å²) in [5.74, 6) is -0.880. The minimum atomic E-state index is -0.880. The average molecular weight is 292 g/mol. The zero-order valence-electron chi connectivity index (χ0n) is 12.2. The summed E-state index contributed by atoms with van der Waals surface area (Å²) in [5, 5.41) is 9.34. The summed E-state index contributed by atoms with van der Waals surface area (Å²) in [7, 11) is 0. The number of carbonyl (C=O) groups is 1. The van der Waals surface area contributed by atoms with E-state index in [4.69, 9.17) is 0 Å². The fourth-order valence-corrected chi connectivity index (χ4v) is 2.46. The molecule has 0 aliphatic rings. The van der Waals surface area contributed by atoms with E-state index in [1.54, 1.807) is 17.8 Å². The molecule has 0 saturated carbocycles. The Morgan fingerprint density at radius 2 is 1.55 bits per heavy atom. The number of carboxylic acids is 1. The van der Waals surface area contributed by atoms with Crippen molar-refractivity contribution >= 4 is 5.97 Å². The normalized spacial score (nSPS) is 12.0. The molecule has 0 bridgehead atoms. The minimum absolute atomic E-state index is 0.680. The fourth-order valence-electron chi connectivity index (χ4n) is 2.46. The van der Waals surface area contributed by atoms with Crippen molar-refractivity contribution in [2.45, 2.75) is 13.0 Å². The molecule has 1 N–H and O–H groups in total. The molecule has 1 unspecified atom stereocenters. The molecule has 0 amide bonds. The first kappa shape index (κ1) is 14.1. The van der Waals surface area contributed by atoms with Gasteiger partial charge in [0, 0.05) is 11.1 Å². The van der Waals surface area contributed by atoms with Crippen molar-refractivity contribution < 1.29 is 9.90 Å². The molecule has 1 heterocycles. The Kier molecular flexibility index (Phi) is 3.74. The standard InChI is InChI=1S/C18H16N2O2/c1-13(18(21)22)20-12-19-16(14-8-4-2-5-9-14)17(20)15-10-6-3-7-11-15/h2-13H,1H3,(H,21,22). The number of nitrogens with zero attached hydrogens (tertiary/aromatic N) is 2. The predicted molar refractivity (Wildman–Crippen MR) is 85.4 cm³/mol. The molecule has 4 heteroatoms. The summed E-state index contributed by atoms with van der Waals surface area (Å²) in [6.45, 7) is 1.66. The molecule has 0 saturated heterocycles. The predicted octanol–water partition coefficient (Wildman–Crippen LogP) is 3.86. The van der Waals surface area contributed by atoms with E-state index in [-0.39, 0.29) is 0 Å². The summed E-state index contributed by atoms with van der Waals surface area (Å²) in [5.41, 5.74) is 3.53. The molecule has 0 aliphatic heterocycles. The van der Waals surface area contributed by atoms with E-state index in [1.807, 2.05) is 60.7 Å². The summed E-state index contributed by atoms with van der Waals surface area (Å²) in [4.78, 5) is 15.8. The highest BCUT2D eigenvalue weighted by Gasteiger charge is 2.21. The highest BCUT2D eigenvalue weighted by atomic mass is 16.4. The molecule has 0 aliphatic carbocycles. The van der Waals surface area contributed by atoms with E-state index < -0.39 is 12.0 Å². The maximum absolute atomic E-state index is 11.4. The van der Waals surface area contributed by atoms with E-state index in [1.165, 1.54) is 0 Å². The van der Waals surface area contributed by atoms with Crippen molar-refractivity contribution in [2.24, 2.45) is 0 Å². The largest absolute Gasteiger partial charge is 0.480 e. The molecule has 3 rings (SSSR count). The maximum Gasteiger partial charge on any atom is 0.326 e. The Morgan fingerprint density at radius 3 is 2.09 bits per heavy atom. The van der Waals surface area contributed by atoms with E-state index >= 15 is 0 Å². The molecule has 110 valence electrons. The topological polar surface area (TPSA) is 55.1 Å². The van der Waals surface area contributed by atoms with Gasteiger partial charge in [0.1, 0.15) is 6.04 Å². The third-order valence-electron chi connectivity index (χ3n) is 3.66. The quantitative estimate of drug-likeness (QED) is 0.794. The zero-order chi connectivity index (χ0) is 15.5. The lowest BCUT2D eigenvalue weighted by Crippen LogP contribution is -2.15. The molecule has 2 aromatic carbocycles. The SMILES string of the molecule is CC(C(=O)O)n1cnc(-c2ccccc2)c1-c1ccccc1. The van der Waals surface area contributed by atoms with Gasteiger partial charge in [0.25, 0.3) is 0 Å². The van der Waals surface area contributed by atoms with Crippen LogP contribution in [0.4, 0.5) is 0 Å². The first-order valence-corrected chi connectivity index (χ1v) is 7.09. The number of imidazole rings is 1. The average Bonchev–Trinajstić information content (AvgIpc) is 3.00. The van der Waals surface area contributed by atoms with Crippen LogP contribution >= 0.6 is 0 Å². The first-order valence-electron chi connectivity index (χ1n) is 7.09. The lowest BCUT2D eigenvalue weighted by atomic mass is 10.0. The monoisotopic (exact) mass is 292 g/mol. The lowest BCUT2D eigenvalue weighted by Gasteiger charge is -2.14. The highest BCUT2D eigenvalue weighted by Crippen LogP contribution is 2.33. The zero-order valence-corrected chi connectivity index (χ0v) is 12.2. The van der Waals surface area contributed by atoms with Crippen LogP contribution in [-0.4, -0.2) is 20.6 Å². The van der Waals surface area contributed by atoms with Crippen LogP contribution in [0.2, 0.25) is 0 Å². The van der Waals surface area contributed by atoms with Crippen molar-refractivity contribution in [2.75, 3.05) is 0 Å². The third-order valence-corrected chi connectivity index (χ3v) is 3.66. The van der Waals surface area contributed by atoms with Crippen LogP contribution in [0, 0.1) is 0 Å². The summed E-state index contributed by atoms with van der Waals surface area (Å²) in [6.07, 6.45) is 1.60. The van der Waals surface area contributed by atoms with Crippen molar-refractivity contribution in [3.63, 3.8) is 0 Å². The Hall–Kier alpha value is -2.88. The number of hydrogen-bond donors (Lipinski definition) is 1. The number of carboxylic acid groups (broad SMARTS) is 1. The molecule has 22 heavy (non-hydrogen) atoms. The first-order chi connectivity index (χ1) is 10.7. The molecule has 0 fully saturated rings. The van der Waals surface area contributed by atoms with Gasteiger partial charge < -0.3 is 9.67 Å². The van der Waals surface area contributed by atoms with E-state index in [2.05, 4.69) is 4.98 Å². The van der Waals surface area contributed by atoms with Gasteiger partial charge in [0.2, 0.25) is 0 Å². The lowest BCUT2D eigenvalue weighted by molar-refractivity contribution is -0.140. The highest BCUT2D eigenvalue weighted by molar-refractivity contribution is 5.81. The van der Waals surface area contributed by atoms with Crippen LogP contribution < -0.4 is 0 Å². The molecule has 0 spiro atoms. The van der Waals surface area contributed by atoms with Crippen molar-refractivity contribution in [3.05, 3.63) is 67.0 Å². The van der Waals surface area contributed by atoms with Crippen LogP contribution in [-0.2, 0) is 4.79 Å². The minimum Gasteiger partial charge on any atom is -0.480 e. The number of benzene rings is 2. The van der Waals surface area contributed by atoms with Gasteiger partial charge in [0.15, 0.2) is 0 Å². The van der Waals surface area contributed by atoms with Gasteiger partial charge in [-0.15, -0.1) is 0 Å². The van der Waals surface area contributed by atoms with Crippen molar-refractivity contribution in [3.8, 4) is 22.5 Å². The smallest absolute Gasteiger partial charge is 0.326 e. The number of aliphatic carboxylic acids is 1. The van der Waals surface area contributed by atoms with Crippen LogP contribution in [0.25, 0.3) is 22.5 Å². The van der Waals surface area contributed by atoms with E-state index in [9.17, 15) is 9.90 Å². The second kappa shape index (κ2) is 5.85. The van der Waals surface area contributed by atoms with Crippen LogP contribution in [0.1, 0.15) is 13.0 Å². The van der Waals surface area contributed by atoms with Gasteiger partial charge in [-0.05, 0) is 6.92 Å². The van der Waals surface area contributed by atoms with Gasteiger partial charge in [-0.2, -0.15) is 0 Å². The molecule has 3 aromatic rings. The fraction of sp³-hybridized carbons (Fsp3) is 0.111. The number of hydrogen-bond acceptors (Lipinski definition) is 2. The molecule has 1 atom stereocenters. The molecular formula is C18H16N2O2. The van der Waals surface area contributed by atoms with Gasteiger partial charge in [-0.25, -0.2) is 9.78 Å². The van der Waals surface area contributed by atoms with Crippen LogP contribution in [0.3, 0.4) is 0 Å². The van der Waals surface area contributed by atoms with E-state index in [0.29, 0.717) is 0 Å². The Balaban J connectivity index is 2.22. The summed E-state index contributed by atoms with van der Waals surface area (Å²) in [6, 6.07) is 18.9. The van der Waals surface area contributed by atoms with Gasteiger partial charge in [0.05, 0.1) is 17.7 Å². The Labute approximate surface area is 128 Å². The summed E-state index contributed by atoms with van der Waals surface area (Å²) < 4.78 is 1.71. The second-order valence-electron chi connectivity index (χ2n) is 5.10. The molecule has 4 nitrogen and oxygen atoms in total. The Bertz CT molecular complexity index is 779. The van der Waals surface area contributed by atoms with Gasteiger partial charge in [-0.3, -0.25) is 0 Å². The van der Waals surface area contributed by atoms with Crippen molar-refractivity contribution in [1.82, 2.24) is 9.55 Å². The van der Waals surface area contributed by atoms with Gasteiger partial charge in [-0.1, -0.05) is 60.7 Å². The van der Waals surface area contributed by atoms with Crippen molar-refractivity contribution in [1.29, 1.82) is 0 Å². The third kappa shape index (κ3) is 2.51. The molecular weight excluding hydrogens is 276 g/mol. The van der Waals surface area contributed by atoms with E-state index in [0.717, 1.165) is 22.5 Å². The molecule has 0 radical (unpaired) electrons. The number of aromatic nitrogens is 2. The van der Waals surface area contributed by atoms with Crippen LogP contribution in [0.15, 0.2) is 67.0 Å². The Morgan fingerprint density at radius 1 is 1.00 bits per heavy atom. The molecule has 1 aromatic heterocycles. The summed E-state index contributed by atoms with van der Waals surface area (Å²) >= 11 is 0.